The number of aromatic nitrogens is 2. The first kappa shape index (κ1) is 24.4. The minimum atomic E-state index is -0.241. The Balaban J connectivity index is 1.95. The van der Waals surface area contributed by atoms with Crippen LogP contribution in [0.3, 0.4) is 0 Å². The Bertz CT molecular complexity index is 1080. The van der Waals surface area contributed by atoms with E-state index in [0.717, 1.165) is 12.0 Å². The van der Waals surface area contributed by atoms with Gasteiger partial charge in [0.1, 0.15) is 15.8 Å². The molecule has 0 spiro atoms. The number of fused-ring (bicyclic) bond motifs is 1. The first-order valence-electron chi connectivity index (χ1n) is 10.6. The van der Waals surface area contributed by atoms with E-state index in [1.165, 1.54) is 16.2 Å². The molecule has 1 aliphatic rings. The number of carbonyl (C=O) groups is 1. The Morgan fingerprint density at radius 3 is 2.84 bits per heavy atom. The number of rotatable bonds is 11. The number of nitrogens with one attached hydrogen (secondary N) is 1. The standard InChI is InChI=1S/C22H28N4O4S2/c1-4-30-13-7-11-26-21(28)17(32-22(26)31)14-16-18(23-9-6-12-29-3)24-19-15(2)8-5-10-25(19)20(16)27/h5,8,10,14,23H,4,6-7,9,11-13H2,1-3H3/b17-14-. The van der Waals surface area contributed by atoms with Gasteiger partial charge in [-0.05, 0) is 44.4 Å². The summed E-state index contributed by atoms with van der Waals surface area (Å²) in [6.45, 7) is 6.70. The van der Waals surface area contributed by atoms with Crippen molar-refractivity contribution in [3.8, 4) is 0 Å². The highest BCUT2D eigenvalue weighted by molar-refractivity contribution is 8.26. The molecule has 1 N–H and O–H groups in total. The molecule has 0 atom stereocenters. The van der Waals surface area contributed by atoms with Crippen LogP contribution >= 0.6 is 24.0 Å². The van der Waals surface area contributed by atoms with Crippen LogP contribution in [0.5, 0.6) is 0 Å². The highest BCUT2D eigenvalue weighted by atomic mass is 32.2. The smallest absolute Gasteiger partial charge is 0.267 e. The number of nitrogens with zero attached hydrogens (tertiary/aromatic N) is 3. The van der Waals surface area contributed by atoms with Crippen molar-refractivity contribution in [2.45, 2.75) is 26.7 Å². The molecule has 0 unspecified atom stereocenters. The van der Waals surface area contributed by atoms with Crippen molar-refractivity contribution in [1.29, 1.82) is 0 Å². The van der Waals surface area contributed by atoms with Crippen LogP contribution in [0.15, 0.2) is 28.0 Å². The van der Waals surface area contributed by atoms with Gasteiger partial charge in [0.05, 0.1) is 10.5 Å². The first-order valence-corrected chi connectivity index (χ1v) is 11.8. The molecule has 1 saturated heterocycles. The van der Waals surface area contributed by atoms with Gasteiger partial charge in [0.2, 0.25) is 0 Å². The number of amides is 1. The first-order chi connectivity index (χ1) is 15.5. The van der Waals surface area contributed by atoms with E-state index >= 15 is 0 Å². The summed E-state index contributed by atoms with van der Waals surface area (Å²) in [5.41, 5.74) is 1.55. The molecule has 2 aromatic heterocycles. The molecule has 2 aromatic rings. The Morgan fingerprint density at radius 1 is 1.28 bits per heavy atom. The maximum absolute atomic E-state index is 13.3. The van der Waals surface area contributed by atoms with E-state index in [-0.39, 0.29) is 11.5 Å². The highest BCUT2D eigenvalue weighted by Gasteiger charge is 2.32. The molecule has 32 heavy (non-hydrogen) atoms. The van der Waals surface area contributed by atoms with Crippen LogP contribution in [-0.2, 0) is 14.3 Å². The molecule has 0 saturated carbocycles. The number of methoxy groups -OCH3 is 1. The lowest BCUT2D eigenvalue weighted by molar-refractivity contribution is -0.122. The largest absolute Gasteiger partial charge is 0.385 e. The number of hydrogen-bond acceptors (Lipinski definition) is 8. The summed E-state index contributed by atoms with van der Waals surface area (Å²) in [6, 6.07) is 3.71. The third-order valence-corrected chi connectivity index (χ3v) is 6.30. The summed E-state index contributed by atoms with van der Waals surface area (Å²) in [7, 11) is 1.64. The summed E-state index contributed by atoms with van der Waals surface area (Å²) in [4.78, 5) is 33.0. The van der Waals surface area contributed by atoms with E-state index in [9.17, 15) is 9.59 Å². The summed E-state index contributed by atoms with van der Waals surface area (Å²) >= 11 is 6.61. The Morgan fingerprint density at radius 2 is 2.09 bits per heavy atom. The lowest BCUT2D eigenvalue weighted by atomic mass is 10.2. The van der Waals surface area contributed by atoms with Crippen molar-refractivity contribution < 1.29 is 14.3 Å². The average molecular weight is 477 g/mol. The molecule has 8 nitrogen and oxygen atoms in total. The maximum atomic E-state index is 13.3. The second-order valence-electron chi connectivity index (χ2n) is 7.22. The minimum absolute atomic E-state index is 0.199. The van der Waals surface area contributed by atoms with Crippen molar-refractivity contribution in [3.63, 3.8) is 0 Å². The molecule has 1 fully saturated rings. The lowest BCUT2D eigenvalue weighted by Crippen LogP contribution is -2.29. The maximum Gasteiger partial charge on any atom is 0.267 e. The van der Waals surface area contributed by atoms with Gasteiger partial charge >= 0.3 is 0 Å². The van der Waals surface area contributed by atoms with Gasteiger partial charge in [-0.3, -0.25) is 18.9 Å². The molecule has 10 heteroatoms. The van der Waals surface area contributed by atoms with Crippen LogP contribution in [0.1, 0.15) is 30.9 Å². The van der Waals surface area contributed by atoms with Crippen molar-refractivity contribution >= 4 is 51.7 Å². The fourth-order valence-corrected chi connectivity index (χ4v) is 4.58. The second-order valence-corrected chi connectivity index (χ2v) is 8.90. The molecular weight excluding hydrogens is 448 g/mol. The minimum Gasteiger partial charge on any atom is -0.385 e. The molecule has 1 amide bonds. The van der Waals surface area contributed by atoms with Gasteiger partial charge in [-0.25, -0.2) is 4.98 Å². The van der Waals surface area contributed by atoms with Crippen LogP contribution in [0.4, 0.5) is 5.82 Å². The average Bonchev–Trinajstić information content (AvgIpc) is 3.04. The van der Waals surface area contributed by atoms with E-state index in [1.54, 1.807) is 30.3 Å². The van der Waals surface area contributed by atoms with E-state index in [2.05, 4.69) is 5.32 Å². The van der Waals surface area contributed by atoms with Gasteiger partial charge in [-0.1, -0.05) is 30.0 Å². The van der Waals surface area contributed by atoms with Gasteiger partial charge in [0, 0.05) is 46.2 Å². The third-order valence-electron chi connectivity index (χ3n) is 4.93. The topological polar surface area (TPSA) is 85.2 Å². The van der Waals surface area contributed by atoms with Gasteiger partial charge in [0.25, 0.3) is 11.5 Å². The predicted molar refractivity (Wildman–Crippen MR) is 132 cm³/mol. The molecule has 0 aromatic carbocycles. The van der Waals surface area contributed by atoms with Crippen molar-refractivity contribution in [3.05, 3.63) is 44.7 Å². The lowest BCUT2D eigenvalue weighted by Gasteiger charge is -2.14. The zero-order valence-electron chi connectivity index (χ0n) is 18.6. The summed E-state index contributed by atoms with van der Waals surface area (Å²) in [6.07, 6.45) is 4.74. The zero-order chi connectivity index (χ0) is 23.1. The van der Waals surface area contributed by atoms with E-state index in [1.807, 2.05) is 19.9 Å². The third kappa shape index (κ3) is 5.55. The summed E-state index contributed by atoms with van der Waals surface area (Å²) < 4.78 is 12.4. The zero-order valence-corrected chi connectivity index (χ0v) is 20.2. The number of pyridine rings is 1. The monoisotopic (exact) mass is 476 g/mol. The predicted octanol–water partition coefficient (Wildman–Crippen LogP) is 3.08. The van der Waals surface area contributed by atoms with E-state index in [0.29, 0.717) is 65.6 Å². The molecule has 1 aliphatic heterocycles. The van der Waals surface area contributed by atoms with Gasteiger partial charge in [0.15, 0.2) is 0 Å². The van der Waals surface area contributed by atoms with Crippen molar-refractivity contribution in [1.82, 2.24) is 14.3 Å². The SMILES string of the molecule is CCOCCCN1C(=O)/C(=C/c2c(NCCCOC)nc3c(C)cccn3c2=O)SC1=S. The number of aryl methyl sites for hydroxylation is 1. The molecule has 0 aliphatic carbocycles. The summed E-state index contributed by atoms with van der Waals surface area (Å²) in [5, 5.41) is 3.24. The van der Waals surface area contributed by atoms with E-state index in [4.69, 9.17) is 26.7 Å². The molecule has 0 radical (unpaired) electrons. The molecule has 3 heterocycles. The van der Waals surface area contributed by atoms with Crippen LogP contribution in [0, 0.1) is 6.92 Å². The number of thiocarbonyl (C=S) groups is 1. The van der Waals surface area contributed by atoms with Crippen molar-refractivity contribution in [2.75, 3.05) is 45.3 Å². The Hall–Kier alpha value is -2.27. The number of hydrogen-bond donors (Lipinski definition) is 1. The molecular formula is C22H28N4O4S2. The second kappa shape index (κ2) is 11.6. The number of carbonyl (C=O) groups excluding carboxylic acids is 1. The van der Waals surface area contributed by atoms with Crippen LogP contribution in [-0.4, -0.2) is 64.5 Å². The van der Waals surface area contributed by atoms with Gasteiger partial charge in [-0.2, -0.15) is 0 Å². The van der Waals surface area contributed by atoms with Gasteiger partial charge < -0.3 is 14.8 Å². The van der Waals surface area contributed by atoms with Crippen LogP contribution in [0.2, 0.25) is 0 Å². The fraction of sp³-hybridized carbons (Fsp3) is 0.455. The normalized spacial score (nSPS) is 15.3. The summed E-state index contributed by atoms with van der Waals surface area (Å²) in [5.74, 6) is 0.248. The fourth-order valence-electron chi connectivity index (χ4n) is 3.29. The molecule has 3 rings (SSSR count). The molecule has 0 bridgehead atoms. The number of thioether (sulfide) groups is 1. The number of ether oxygens (including phenoxy) is 2. The Labute approximate surface area is 197 Å². The highest BCUT2D eigenvalue weighted by Crippen LogP contribution is 2.33. The molecule has 172 valence electrons. The quantitative estimate of drug-likeness (QED) is 0.301. The van der Waals surface area contributed by atoms with Gasteiger partial charge in [-0.15, -0.1) is 0 Å². The number of anilines is 1. The van der Waals surface area contributed by atoms with Crippen LogP contribution in [0.25, 0.3) is 11.7 Å². The Kier molecular flexibility index (Phi) is 8.80. The van der Waals surface area contributed by atoms with E-state index < -0.39 is 0 Å². The van der Waals surface area contributed by atoms with Crippen LogP contribution < -0.4 is 10.9 Å². The van der Waals surface area contributed by atoms with Crippen molar-refractivity contribution in [2.24, 2.45) is 0 Å².